The Hall–Kier alpha value is -2.49. The van der Waals surface area contributed by atoms with Crippen LogP contribution >= 0.6 is 0 Å². The first-order chi connectivity index (χ1) is 10.7. The maximum atomic E-state index is 13.2. The monoisotopic (exact) mass is 295 g/mol. The lowest BCUT2D eigenvalue weighted by Gasteiger charge is -2.02. The molecule has 0 spiro atoms. The summed E-state index contributed by atoms with van der Waals surface area (Å²) >= 11 is 0. The highest BCUT2D eigenvalue weighted by atomic mass is 19.1. The van der Waals surface area contributed by atoms with Crippen molar-refractivity contribution in [1.29, 1.82) is 0 Å². The molecule has 0 aliphatic rings. The maximum Gasteiger partial charge on any atom is 0.126 e. The molecule has 22 heavy (non-hydrogen) atoms. The zero-order valence-corrected chi connectivity index (χ0v) is 12.5. The average molecular weight is 295 g/mol. The Morgan fingerprint density at radius 2 is 1.82 bits per heavy atom. The molecule has 112 valence electrons. The molecule has 0 saturated carbocycles. The van der Waals surface area contributed by atoms with Crippen LogP contribution in [0.5, 0.6) is 0 Å². The van der Waals surface area contributed by atoms with E-state index in [-0.39, 0.29) is 5.82 Å². The fraction of sp³-hybridized carbons (Fsp3) is 0.222. The Labute approximate surface area is 129 Å². The van der Waals surface area contributed by atoms with Crippen LogP contribution in [0.15, 0.2) is 54.7 Å². The molecule has 0 aliphatic heterocycles. The highest BCUT2D eigenvalue weighted by Crippen LogP contribution is 2.11. The molecule has 4 heteroatoms. The third-order valence-corrected chi connectivity index (χ3v) is 3.67. The van der Waals surface area contributed by atoms with E-state index in [9.17, 15) is 4.39 Å². The second-order valence-corrected chi connectivity index (χ2v) is 5.48. The lowest BCUT2D eigenvalue weighted by atomic mass is 10.1. The van der Waals surface area contributed by atoms with Crippen LogP contribution in [0.25, 0.3) is 0 Å². The second-order valence-electron chi connectivity index (χ2n) is 5.48. The normalized spacial score (nSPS) is 10.8. The van der Waals surface area contributed by atoms with Gasteiger partial charge in [0, 0.05) is 6.20 Å². The van der Waals surface area contributed by atoms with E-state index in [1.807, 2.05) is 41.2 Å². The van der Waals surface area contributed by atoms with Crippen LogP contribution < -0.4 is 0 Å². The molecule has 0 N–H and O–H groups in total. The third-order valence-electron chi connectivity index (χ3n) is 3.67. The van der Waals surface area contributed by atoms with Crippen LogP contribution in [-0.4, -0.2) is 15.0 Å². The molecule has 0 unspecified atom stereocenters. The fourth-order valence-electron chi connectivity index (χ4n) is 2.44. The van der Waals surface area contributed by atoms with Crippen LogP contribution in [0.4, 0.5) is 4.39 Å². The van der Waals surface area contributed by atoms with Gasteiger partial charge in [0.2, 0.25) is 0 Å². The van der Waals surface area contributed by atoms with Gasteiger partial charge in [-0.05, 0) is 42.5 Å². The Bertz CT molecular complexity index is 750. The molecule has 0 aliphatic carbocycles. The Balaban J connectivity index is 1.61. The quantitative estimate of drug-likeness (QED) is 0.720. The number of hydrogen-bond donors (Lipinski definition) is 0. The zero-order chi connectivity index (χ0) is 15.4. The fourth-order valence-corrected chi connectivity index (χ4v) is 2.44. The van der Waals surface area contributed by atoms with E-state index in [1.54, 1.807) is 6.92 Å². The van der Waals surface area contributed by atoms with Gasteiger partial charge in [-0.1, -0.05) is 47.7 Å². The number of benzene rings is 2. The minimum atomic E-state index is -0.155. The molecule has 0 fully saturated rings. The van der Waals surface area contributed by atoms with Gasteiger partial charge < -0.3 is 0 Å². The van der Waals surface area contributed by atoms with E-state index in [2.05, 4.69) is 22.4 Å². The molecule has 0 amide bonds. The van der Waals surface area contributed by atoms with E-state index in [1.165, 1.54) is 11.6 Å². The van der Waals surface area contributed by atoms with Gasteiger partial charge in [-0.15, -0.1) is 5.10 Å². The second kappa shape index (κ2) is 6.52. The van der Waals surface area contributed by atoms with Gasteiger partial charge in [0.25, 0.3) is 0 Å². The molecule has 0 bridgehead atoms. The van der Waals surface area contributed by atoms with Crippen LogP contribution in [0, 0.1) is 12.7 Å². The summed E-state index contributed by atoms with van der Waals surface area (Å²) in [5.74, 6) is -0.155. The van der Waals surface area contributed by atoms with Gasteiger partial charge in [0.05, 0.1) is 12.2 Å². The molecule has 3 nitrogen and oxygen atoms in total. The van der Waals surface area contributed by atoms with Crippen molar-refractivity contribution in [2.45, 2.75) is 26.3 Å². The molecular weight excluding hydrogens is 277 g/mol. The smallest absolute Gasteiger partial charge is 0.126 e. The van der Waals surface area contributed by atoms with E-state index >= 15 is 0 Å². The summed E-state index contributed by atoms with van der Waals surface area (Å²) < 4.78 is 15.1. The molecule has 3 rings (SSSR count). The van der Waals surface area contributed by atoms with Gasteiger partial charge in [0.1, 0.15) is 5.82 Å². The lowest BCUT2D eigenvalue weighted by molar-refractivity contribution is 0.617. The highest BCUT2D eigenvalue weighted by molar-refractivity contribution is 5.24. The first-order valence-corrected chi connectivity index (χ1v) is 7.39. The van der Waals surface area contributed by atoms with Crippen molar-refractivity contribution in [2.75, 3.05) is 0 Å². The third kappa shape index (κ3) is 3.58. The largest absolute Gasteiger partial charge is 0.248 e. The first kappa shape index (κ1) is 14.4. The van der Waals surface area contributed by atoms with Crippen molar-refractivity contribution in [3.05, 3.63) is 82.9 Å². The molecule has 0 radical (unpaired) electrons. The van der Waals surface area contributed by atoms with Crippen LogP contribution in [0.3, 0.4) is 0 Å². The summed E-state index contributed by atoms with van der Waals surface area (Å²) in [6.45, 7) is 2.51. The van der Waals surface area contributed by atoms with E-state index in [0.29, 0.717) is 5.56 Å². The summed E-state index contributed by atoms with van der Waals surface area (Å²) in [7, 11) is 0. The molecule has 0 saturated heterocycles. The predicted octanol–water partition coefficient (Wildman–Crippen LogP) is 3.56. The van der Waals surface area contributed by atoms with E-state index < -0.39 is 0 Å². The molecule has 1 heterocycles. The standard InChI is InChI=1S/C18H18FN3/c1-14-11-15(8-10-18(14)19)7-9-17-13-22(21-20-17)12-16-5-3-2-4-6-16/h2-6,8,10-11,13H,7,9,12H2,1H3. The topological polar surface area (TPSA) is 30.7 Å². The maximum absolute atomic E-state index is 13.2. The van der Waals surface area contributed by atoms with Crippen molar-refractivity contribution in [3.63, 3.8) is 0 Å². The van der Waals surface area contributed by atoms with E-state index in [4.69, 9.17) is 0 Å². The summed E-state index contributed by atoms with van der Waals surface area (Å²) in [5.41, 5.74) is 3.97. The summed E-state index contributed by atoms with van der Waals surface area (Å²) in [6.07, 6.45) is 3.62. The predicted molar refractivity (Wildman–Crippen MR) is 84.1 cm³/mol. The SMILES string of the molecule is Cc1cc(CCc2cn(Cc3ccccc3)nn2)ccc1F. The van der Waals surface area contributed by atoms with Gasteiger partial charge in [-0.3, -0.25) is 0 Å². The zero-order valence-electron chi connectivity index (χ0n) is 12.5. The minimum absolute atomic E-state index is 0.155. The van der Waals surface area contributed by atoms with Crippen molar-refractivity contribution in [1.82, 2.24) is 15.0 Å². The number of rotatable bonds is 5. The minimum Gasteiger partial charge on any atom is -0.248 e. The average Bonchev–Trinajstić information content (AvgIpc) is 2.97. The summed E-state index contributed by atoms with van der Waals surface area (Å²) in [4.78, 5) is 0. The highest BCUT2D eigenvalue weighted by Gasteiger charge is 2.04. The lowest BCUT2D eigenvalue weighted by Crippen LogP contribution is -1.99. The first-order valence-electron chi connectivity index (χ1n) is 7.39. The molecule has 0 atom stereocenters. The molecule has 1 aromatic heterocycles. The number of aromatic nitrogens is 3. The van der Waals surface area contributed by atoms with Crippen LogP contribution in [0.1, 0.15) is 22.4 Å². The Kier molecular flexibility index (Phi) is 4.28. The molecular formula is C18H18FN3. The van der Waals surface area contributed by atoms with Gasteiger partial charge in [0.15, 0.2) is 0 Å². The summed E-state index contributed by atoms with van der Waals surface area (Å²) in [6, 6.07) is 15.4. The van der Waals surface area contributed by atoms with E-state index in [0.717, 1.165) is 30.6 Å². The number of hydrogen-bond acceptors (Lipinski definition) is 2. The van der Waals surface area contributed by atoms with Crippen molar-refractivity contribution in [3.8, 4) is 0 Å². The molecule has 2 aromatic carbocycles. The van der Waals surface area contributed by atoms with Crippen LogP contribution in [-0.2, 0) is 19.4 Å². The Morgan fingerprint density at radius 3 is 2.59 bits per heavy atom. The summed E-state index contributed by atoms with van der Waals surface area (Å²) in [5, 5.41) is 8.37. The van der Waals surface area contributed by atoms with Crippen LogP contribution in [0.2, 0.25) is 0 Å². The number of halogens is 1. The van der Waals surface area contributed by atoms with Gasteiger partial charge >= 0.3 is 0 Å². The van der Waals surface area contributed by atoms with Crippen molar-refractivity contribution < 1.29 is 4.39 Å². The van der Waals surface area contributed by atoms with Crippen molar-refractivity contribution in [2.24, 2.45) is 0 Å². The molecule has 3 aromatic rings. The number of nitrogens with zero attached hydrogens (tertiary/aromatic N) is 3. The Morgan fingerprint density at radius 1 is 1.00 bits per heavy atom. The number of aryl methyl sites for hydroxylation is 3. The van der Waals surface area contributed by atoms with Crippen molar-refractivity contribution >= 4 is 0 Å². The van der Waals surface area contributed by atoms with Gasteiger partial charge in [-0.25, -0.2) is 9.07 Å². The van der Waals surface area contributed by atoms with Gasteiger partial charge in [-0.2, -0.15) is 0 Å².